The van der Waals surface area contributed by atoms with Gasteiger partial charge in [-0.15, -0.1) is 0 Å². The van der Waals surface area contributed by atoms with Crippen molar-refractivity contribution in [2.24, 2.45) is 23.2 Å². The highest BCUT2D eigenvalue weighted by Gasteiger charge is 2.50. The molecule has 3 nitrogen and oxygen atoms in total. The fourth-order valence-electron chi connectivity index (χ4n) is 6.44. The maximum Gasteiger partial charge on any atom is 0.251 e. The Labute approximate surface area is 188 Å². The first-order valence-corrected chi connectivity index (χ1v) is 11.7. The second-order valence-electron chi connectivity index (χ2n) is 9.64. The zero-order valence-electron chi connectivity index (χ0n) is 17.0. The molecule has 0 saturated heterocycles. The Morgan fingerprint density at radius 2 is 1.67 bits per heavy atom. The Balaban J connectivity index is 1.21. The van der Waals surface area contributed by atoms with Crippen molar-refractivity contribution in [3.05, 3.63) is 63.6 Å². The molecule has 4 aliphatic rings. The van der Waals surface area contributed by atoms with E-state index in [-0.39, 0.29) is 5.91 Å². The highest BCUT2D eigenvalue weighted by atomic mass is 35.5. The maximum atomic E-state index is 12.9. The molecular formula is C25H27Cl2NO2. The van der Waals surface area contributed by atoms with Crippen LogP contribution in [0.15, 0.2) is 42.5 Å². The number of ether oxygens (including phenoxy) is 1. The van der Waals surface area contributed by atoms with Crippen LogP contribution in [-0.2, 0) is 6.61 Å². The van der Waals surface area contributed by atoms with Gasteiger partial charge in [0.2, 0.25) is 0 Å². The van der Waals surface area contributed by atoms with Gasteiger partial charge in [-0.3, -0.25) is 4.79 Å². The number of amides is 1. The third-order valence-electron chi connectivity index (χ3n) is 7.29. The van der Waals surface area contributed by atoms with Crippen LogP contribution in [0, 0.1) is 23.2 Å². The van der Waals surface area contributed by atoms with Crippen LogP contribution in [0.2, 0.25) is 10.0 Å². The number of carbonyl (C=O) groups excluding carboxylic acids is 1. The highest BCUT2D eigenvalue weighted by molar-refractivity contribution is 6.42. The van der Waals surface area contributed by atoms with E-state index in [9.17, 15) is 4.79 Å². The number of halogens is 2. The molecule has 0 unspecified atom stereocenters. The van der Waals surface area contributed by atoms with Crippen molar-refractivity contribution in [1.29, 1.82) is 0 Å². The molecule has 4 fully saturated rings. The summed E-state index contributed by atoms with van der Waals surface area (Å²) in [5.41, 5.74) is 1.94. The van der Waals surface area contributed by atoms with E-state index in [4.69, 9.17) is 27.9 Å². The molecule has 0 atom stereocenters. The fraction of sp³-hybridized carbons (Fsp3) is 0.480. The lowest BCUT2D eigenvalue weighted by molar-refractivity contribution is -0.0503. The molecule has 0 aliphatic heterocycles. The van der Waals surface area contributed by atoms with Gasteiger partial charge in [0.15, 0.2) is 0 Å². The Bertz CT molecular complexity index is 923. The summed E-state index contributed by atoms with van der Waals surface area (Å²) >= 11 is 12.2. The lowest BCUT2D eigenvalue weighted by Gasteiger charge is -2.56. The van der Waals surface area contributed by atoms with E-state index in [0.717, 1.165) is 29.9 Å². The van der Waals surface area contributed by atoms with Crippen molar-refractivity contribution in [2.75, 3.05) is 6.54 Å². The smallest absolute Gasteiger partial charge is 0.251 e. The first-order valence-electron chi connectivity index (χ1n) is 10.9. The number of hydrogen-bond acceptors (Lipinski definition) is 2. The summed E-state index contributed by atoms with van der Waals surface area (Å²) < 4.78 is 5.81. The molecule has 1 N–H and O–H groups in total. The topological polar surface area (TPSA) is 38.3 Å². The summed E-state index contributed by atoms with van der Waals surface area (Å²) in [5, 5.41) is 4.13. The zero-order chi connectivity index (χ0) is 20.7. The zero-order valence-corrected chi connectivity index (χ0v) is 18.5. The molecule has 1 amide bonds. The van der Waals surface area contributed by atoms with E-state index in [2.05, 4.69) is 5.32 Å². The van der Waals surface area contributed by atoms with E-state index in [1.165, 1.54) is 38.5 Å². The van der Waals surface area contributed by atoms with E-state index in [1.54, 1.807) is 18.2 Å². The lowest BCUT2D eigenvalue weighted by atomic mass is 9.49. The van der Waals surface area contributed by atoms with Crippen molar-refractivity contribution in [1.82, 2.24) is 5.32 Å². The van der Waals surface area contributed by atoms with Crippen LogP contribution in [0.1, 0.15) is 54.4 Å². The lowest BCUT2D eigenvalue weighted by Crippen LogP contribution is -2.51. The van der Waals surface area contributed by atoms with Crippen molar-refractivity contribution in [3.63, 3.8) is 0 Å². The second kappa shape index (κ2) is 8.09. The molecular weight excluding hydrogens is 417 g/mol. The molecule has 0 aromatic heterocycles. The van der Waals surface area contributed by atoms with E-state index in [0.29, 0.717) is 33.4 Å². The summed E-state index contributed by atoms with van der Waals surface area (Å²) in [5.74, 6) is 3.24. The normalized spacial score (nSPS) is 29.1. The minimum absolute atomic E-state index is 0.00776. The van der Waals surface area contributed by atoms with Crippen molar-refractivity contribution >= 4 is 29.1 Å². The van der Waals surface area contributed by atoms with Gasteiger partial charge in [-0.2, -0.15) is 0 Å². The molecule has 4 bridgehead atoms. The van der Waals surface area contributed by atoms with Gasteiger partial charge in [-0.25, -0.2) is 0 Å². The van der Waals surface area contributed by atoms with Crippen LogP contribution >= 0.6 is 23.2 Å². The van der Waals surface area contributed by atoms with Crippen molar-refractivity contribution in [2.45, 2.75) is 45.1 Å². The first-order chi connectivity index (χ1) is 14.5. The molecule has 0 heterocycles. The molecule has 4 aliphatic carbocycles. The SMILES string of the molecule is O=C(NCC12CC3CC(CC(C3)C1)C2)c1cccc(COc2cccc(Cl)c2Cl)c1. The van der Waals surface area contributed by atoms with Gasteiger partial charge >= 0.3 is 0 Å². The number of hydrogen-bond donors (Lipinski definition) is 1. The third kappa shape index (κ3) is 4.07. The Morgan fingerprint density at radius 1 is 1.00 bits per heavy atom. The summed E-state index contributed by atoms with van der Waals surface area (Å²) in [4.78, 5) is 12.9. The Hall–Kier alpha value is -1.71. The molecule has 0 spiro atoms. The predicted molar refractivity (Wildman–Crippen MR) is 120 cm³/mol. The molecule has 30 heavy (non-hydrogen) atoms. The van der Waals surface area contributed by atoms with Gasteiger partial charge in [-0.1, -0.05) is 41.4 Å². The molecule has 6 rings (SSSR count). The van der Waals surface area contributed by atoms with Gasteiger partial charge in [0.1, 0.15) is 17.4 Å². The third-order valence-corrected chi connectivity index (χ3v) is 8.09. The average molecular weight is 444 g/mol. The van der Waals surface area contributed by atoms with E-state index >= 15 is 0 Å². The highest BCUT2D eigenvalue weighted by Crippen LogP contribution is 2.59. The van der Waals surface area contributed by atoms with Gasteiger partial charge < -0.3 is 10.1 Å². The standard InChI is InChI=1S/C25H27Cl2NO2/c26-21-5-2-6-22(23(21)27)30-14-16-3-1-4-20(10-16)24(29)28-15-25-11-17-7-18(12-25)9-19(8-17)13-25/h1-6,10,17-19H,7-9,11-15H2,(H,28,29). The minimum atomic E-state index is 0.00776. The van der Waals surface area contributed by atoms with Gasteiger partial charge in [0, 0.05) is 12.1 Å². The largest absolute Gasteiger partial charge is 0.487 e. The van der Waals surface area contributed by atoms with Crippen LogP contribution in [-0.4, -0.2) is 12.5 Å². The summed E-state index contributed by atoms with van der Waals surface area (Å²) in [6, 6.07) is 12.9. The Kier molecular flexibility index (Phi) is 5.45. The molecule has 0 radical (unpaired) electrons. The summed E-state index contributed by atoms with van der Waals surface area (Å²) in [7, 11) is 0. The average Bonchev–Trinajstić information content (AvgIpc) is 2.72. The monoisotopic (exact) mass is 443 g/mol. The fourth-order valence-corrected chi connectivity index (χ4v) is 6.78. The Morgan fingerprint density at radius 3 is 2.37 bits per heavy atom. The predicted octanol–water partition coefficient (Wildman–Crippen LogP) is 6.52. The van der Waals surface area contributed by atoms with Crippen LogP contribution in [0.4, 0.5) is 0 Å². The van der Waals surface area contributed by atoms with Crippen LogP contribution in [0.25, 0.3) is 0 Å². The van der Waals surface area contributed by atoms with Gasteiger partial charge in [0.05, 0.1) is 5.02 Å². The van der Waals surface area contributed by atoms with E-state index < -0.39 is 0 Å². The second-order valence-corrected chi connectivity index (χ2v) is 10.4. The van der Waals surface area contributed by atoms with Crippen LogP contribution in [0.5, 0.6) is 5.75 Å². The molecule has 158 valence electrons. The molecule has 4 saturated carbocycles. The maximum absolute atomic E-state index is 12.9. The number of benzene rings is 2. The summed E-state index contributed by atoms with van der Waals surface area (Å²) in [6.07, 6.45) is 8.16. The van der Waals surface area contributed by atoms with Crippen LogP contribution in [0.3, 0.4) is 0 Å². The number of nitrogens with one attached hydrogen (secondary N) is 1. The van der Waals surface area contributed by atoms with Crippen molar-refractivity contribution in [3.8, 4) is 5.75 Å². The molecule has 2 aromatic rings. The van der Waals surface area contributed by atoms with Crippen molar-refractivity contribution < 1.29 is 9.53 Å². The summed E-state index contributed by atoms with van der Waals surface area (Å²) in [6.45, 7) is 1.14. The van der Waals surface area contributed by atoms with Gasteiger partial charge in [0.25, 0.3) is 5.91 Å². The molecule has 2 aromatic carbocycles. The van der Waals surface area contributed by atoms with Crippen LogP contribution < -0.4 is 10.1 Å². The number of rotatable bonds is 6. The number of carbonyl (C=O) groups is 1. The van der Waals surface area contributed by atoms with E-state index in [1.807, 2.05) is 24.3 Å². The molecule has 5 heteroatoms. The van der Waals surface area contributed by atoms with Gasteiger partial charge in [-0.05, 0) is 91.5 Å². The quantitative estimate of drug-likeness (QED) is 0.551. The minimum Gasteiger partial charge on any atom is -0.487 e. The first kappa shape index (κ1) is 20.2.